The number of aryl methyl sites for hydroxylation is 1. The number of benzene rings is 2. The first kappa shape index (κ1) is 20.2. The maximum Gasteiger partial charge on any atom is 0.227 e. The van der Waals surface area contributed by atoms with Gasteiger partial charge in [0.05, 0.1) is 11.7 Å². The van der Waals surface area contributed by atoms with E-state index < -0.39 is 6.17 Å². The first-order chi connectivity index (χ1) is 15.6. The van der Waals surface area contributed by atoms with Gasteiger partial charge in [0.15, 0.2) is 0 Å². The average Bonchev–Trinajstić information content (AvgIpc) is 3.41. The van der Waals surface area contributed by atoms with Crippen molar-refractivity contribution >= 4 is 22.5 Å². The molecule has 6 nitrogen and oxygen atoms in total. The predicted molar refractivity (Wildman–Crippen MR) is 124 cm³/mol. The van der Waals surface area contributed by atoms with Gasteiger partial charge in [0.1, 0.15) is 6.17 Å². The number of fused-ring (bicyclic) bond motifs is 1. The van der Waals surface area contributed by atoms with Crippen molar-refractivity contribution in [1.82, 2.24) is 24.6 Å². The molecule has 1 aliphatic heterocycles. The topological polar surface area (TPSA) is 58.9 Å². The number of nitrogens with one attached hydrogen (secondary N) is 1. The molecule has 0 radical (unpaired) electrons. The molecule has 1 atom stereocenters. The van der Waals surface area contributed by atoms with E-state index >= 15 is 0 Å². The van der Waals surface area contributed by atoms with Gasteiger partial charge >= 0.3 is 0 Å². The van der Waals surface area contributed by atoms with E-state index in [1.807, 2.05) is 37.6 Å². The summed E-state index contributed by atoms with van der Waals surface area (Å²) in [7, 11) is 1.90. The highest BCUT2D eigenvalue weighted by molar-refractivity contribution is 5.81. The smallest absolute Gasteiger partial charge is 0.227 e. The lowest BCUT2D eigenvalue weighted by Crippen LogP contribution is -2.20. The third kappa shape index (κ3) is 4.32. The number of rotatable bonds is 5. The van der Waals surface area contributed by atoms with Crippen LogP contribution in [0.2, 0.25) is 0 Å². The summed E-state index contributed by atoms with van der Waals surface area (Å²) in [5, 5.41) is 8.52. The predicted octanol–water partition coefficient (Wildman–Crippen LogP) is 4.30. The molecule has 3 heterocycles. The summed E-state index contributed by atoms with van der Waals surface area (Å²) in [6, 6.07) is 11.9. The summed E-state index contributed by atoms with van der Waals surface area (Å²) in [5.41, 5.74) is 5.64. The van der Waals surface area contributed by atoms with Crippen molar-refractivity contribution in [2.45, 2.75) is 19.1 Å². The third-order valence-electron chi connectivity index (χ3n) is 5.65. The first-order valence-electron chi connectivity index (χ1n) is 10.6. The van der Waals surface area contributed by atoms with Crippen molar-refractivity contribution in [2.24, 2.45) is 7.05 Å². The molecule has 0 unspecified atom stereocenters. The SMILES string of the molecule is C#Cc1ccc2nc(Nc3cc(CN4CC[C@H](F)C4)cc(-c4cnn(C)c4)c3)ncc2c1. The molecule has 160 valence electrons. The number of nitrogens with zero attached hydrogens (tertiary/aromatic N) is 5. The molecule has 2 aromatic heterocycles. The van der Waals surface area contributed by atoms with Gasteiger partial charge in [-0.3, -0.25) is 9.58 Å². The summed E-state index contributed by atoms with van der Waals surface area (Å²) < 4.78 is 15.5. The molecule has 1 fully saturated rings. The Hall–Kier alpha value is -3.76. The summed E-state index contributed by atoms with van der Waals surface area (Å²) in [6.07, 6.45) is 10.9. The Morgan fingerprint density at radius 2 is 2.09 bits per heavy atom. The maximum atomic E-state index is 13.7. The third-order valence-corrected chi connectivity index (χ3v) is 5.65. The number of aromatic nitrogens is 4. The number of alkyl halides is 1. The number of likely N-dealkylation sites (tertiary alicyclic amines) is 1. The van der Waals surface area contributed by atoms with Gasteiger partial charge in [0.25, 0.3) is 0 Å². The Balaban J connectivity index is 1.47. The Kier molecular flexibility index (Phi) is 5.29. The van der Waals surface area contributed by atoms with Crippen LogP contribution in [0.4, 0.5) is 16.0 Å². The monoisotopic (exact) mass is 426 g/mol. The number of hydrogen-bond donors (Lipinski definition) is 1. The zero-order valence-corrected chi connectivity index (χ0v) is 17.8. The van der Waals surface area contributed by atoms with Crippen LogP contribution in [-0.4, -0.2) is 43.9 Å². The minimum absolute atomic E-state index is 0.479. The van der Waals surface area contributed by atoms with Gasteiger partial charge in [-0.2, -0.15) is 5.10 Å². The fraction of sp³-hybridized carbons (Fsp3) is 0.240. The fourth-order valence-corrected chi connectivity index (χ4v) is 4.09. The number of terminal acetylenes is 1. The van der Waals surface area contributed by atoms with E-state index in [9.17, 15) is 4.39 Å². The molecule has 4 aromatic rings. The summed E-state index contributed by atoms with van der Waals surface area (Å²) in [4.78, 5) is 11.2. The molecule has 0 saturated carbocycles. The van der Waals surface area contributed by atoms with Crippen molar-refractivity contribution in [2.75, 3.05) is 18.4 Å². The van der Waals surface area contributed by atoms with Crippen LogP contribution in [0.15, 0.2) is 55.0 Å². The first-order valence-corrected chi connectivity index (χ1v) is 10.6. The summed E-state index contributed by atoms with van der Waals surface area (Å²) in [6.45, 7) is 1.94. The average molecular weight is 426 g/mol. The van der Waals surface area contributed by atoms with E-state index in [1.165, 1.54) is 0 Å². The van der Waals surface area contributed by atoms with Crippen LogP contribution in [0.3, 0.4) is 0 Å². The fourth-order valence-electron chi connectivity index (χ4n) is 4.09. The lowest BCUT2D eigenvalue weighted by Gasteiger charge is -2.17. The van der Waals surface area contributed by atoms with Crippen molar-refractivity contribution in [3.8, 4) is 23.5 Å². The van der Waals surface area contributed by atoms with Gasteiger partial charge in [0.2, 0.25) is 5.95 Å². The van der Waals surface area contributed by atoms with Crippen LogP contribution in [0, 0.1) is 12.3 Å². The Labute approximate surface area is 186 Å². The van der Waals surface area contributed by atoms with Gasteiger partial charge < -0.3 is 5.32 Å². The molecule has 1 saturated heterocycles. The zero-order chi connectivity index (χ0) is 22.1. The van der Waals surface area contributed by atoms with Crippen LogP contribution >= 0.6 is 0 Å². The van der Waals surface area contributed by atoms with E-state index in [0.29, 0.717) is 25.5 Å². The van der Waals surface area contributed by atoms with E-state index in [2.05, 4.69) is 49.4 Å². The largest absolute Gasteiger partial charge is 0.324 e. The van der Waals surface area contributed by atoms with Crippen LogP contribution in [0.25, 0.3) is 22.0 Å². The summed E-state index contributed by atoms with van der Waals surface area (Å²) in [5.74, 6) is 3.13. The van der Waals surface area contributed by atoms with Crippen LogP contribution < -0.4 is 5.32 Å². The highest BCUT2D eigenvalue weighted by Gasteiger charge is 2.22. The quantitative estimate of drug-likeness (QED) is 0.482. The van der Waals surface area contributed by atoms with Crippen LogP contribution in [0.5, 0.6) is 0 Å². The van der Waals surface area contributed by atoms with Gasteiger partial charge in [0, 0.05) is 61.3 Å². The molecule has 0 spiro atoms. The van der Waals surface area contributed by atoms with Crippen molar-refractivity contribution in [3.63, 3.8) is 0 Å². The number of hydrogen-bond acceptors (Lipinski definition) is 5. The number of anilines is 2. The normalized spacial score (nSPS) is 16.3. The van der Waals surface area contributed by atoms with Crippen LogP contribution in [-0.2, 0) is 13.6 Å². The molecule has 2 aromatic carbocycles. The zero-order valence-electron chi connectivity index (χ0n) is 17.8. The van der Waals surface area contributed by atoms with Crippen molar-refractivity contribution in [1.29, 1.82) is 0 Å². The second-order valence-corrected chi connectivity index (χ2v) is 8.18. The summed E-state index contributed by atoms with van der Waals surface area (Å²) >= 11 is 0. The molecule has 1 N–H and O–H groups in total. The number of halogens is 1. The lowest BCUT2D eigenvalue weighted by molar-refractivity contribution is 0.282. The molecule has 7 heteroatoms. The molecular formula is C25H23FN6. The van der Waals surface area contributed by atoms with E-state index in [-0.39, 0.29) is 0 Å². The Bertz CT molecular complexity index is 1320. The molecule has 0 amide bonds. The molecular weight excluding hydrogens is 403 g/mol. The van der Waals surface area contributed by atoms with E-state index in [4.69, 9.17) is 6.42 Å². The second kappa shape index (κ2) is 8.40. The van der Waals surface area contributed by atoms with Gasteiger partial charge in [-0.15, -0.1) is 6.42 Å². The molecule has 5 rings (SSSR count). The van der Waals surface area contributed by atoms with E-state index in [1.54, 1.807) is 10.9 Å². The minimum Gasteiger partial charge on any atom is -0.324 e. The van der Waals surface area contributed by atoms with Crippen molar-refractivity contribution in [3.05, 3.63) is 66.1 Å². The van der Waals surface area contributed by atoms with Gasteiger partial charge in [-0.05, 0) is 53.9 Å². The van der Waals surface area contributed by atoms with Gasteiger partial charge in [-0.25, -0.2) is 14.4 Å². The maximum absolute atomic E-state index is 13.7. The molecule has 0 aliphatic carbocycles. The standard InChI is InChI=1S/C25H23FN6/c1-3-17-4-5-24-20(8-17)12-27-25(30-24)29-23-10-18(14-32-7-6-22(26)16-32)9-19(11-23)21-13-28-31(2)15-21/h1,4-5,8-13,15,22H,6-7,14,16H2,2H3,(H,27,29,30)/t22-/m0/s1. The Morgan fingerprint density at radius 1 is 1.19 bits per heavy atom. The van der Waals surface area contributed by atoms with Crippen molar-refractivity contribution < 1.29 is 4.39 Å². The Morgan fingerprint density at radius 3 is 2.84 bits per heavy atom. The molecule has 0 bridgehead atoms. The van der Waals surface area contributed by atoms with E-state index in [0.717, 1.165) is 45.4 Å². The highest BCUT2D eigenvalue weighted by atomic mass is 19.1. The lowest BCUT2D eigenvalue weighted by atomic mass is 10.0. The van der Waals surface area contributed by atoms with Gasteiger partial charge in [-0.1, -0.05) is 5.92 Å². The molecule has 32 heavy (non-hydrogen) atoms. The second-order valence-electron chi connectivity index (χ2n) is 8.18. The van der Waals surface area contributed by atoms with Crippen LogP contribution in [0.1, 0.15) is 17.5 Å². The highest BCUT2D eigenvalue weighted by Crippen LogP contribution is 2.28. The minimum atomic E-state index is -0.741. The molecule has 1 aliphatic rings.